The first-order valence-electron chi connectivity index (χ1n) is 7.83. The van der Waals surface area contributed by atoms with E-state index in [-0.39, 0.29) is 24.0 Å². The highest BCUT2D eigenvalue weighted by Crippen LogP contribution is 2.48. The van der Waals surface area contributed by atoms with E-state index in [1.807, 2.05) is 26.1 Å². The van der Waals surface area contributed by atoms with Crippen LogP contribution >= 0.6 is 24.0 Å². The molecule has 1 fully saturated rings. The number of ether oxygens (including phenoxy) is 1. The lowest BCUT2D eigenvalue weighted by Gasteiger charge is -2.18. The van der Waals surface area contributed by atoms with E-state index >= 15 is 0 Å². The van der Waals surface area contributed by atoms with Crippen molar-refractivity contribution in [2.75, 3.05) is 33.4 Å². The largest absolute Gasteiger partial charge is 0.469 e. The maximum absolute atomic E-state index is 5.46. The van der Waals surface area contributed by atoms with Gasteiger partial charge in [-0.05, 0) is 43.7 Å². The van der Waals surface area contributed by atoms with Crippen molar-refractivity contribution in [1.29, 1.82) is 0 Å². The average molecular weight is 421 g/mol. The van der Waals surface area contributed by atoms with Crippen LogP contribution in [0.2, 0.25) is 0 Å². The quantitative estimate of drug-likeness (QED) is 0.279. The summed E-state index contributed by atoms with van der Waals surface area (Å²) in [7, 11) is 1.81. The topological polar surface area (TPSA) is 58.8 Å². The van der Waals surface area contributed by atoms with Gasteiger partial charge in [0.1, 0.15) is 5.76 Å². The fourth-order valence-electron chi connectivity index (χ4n) is 2.38. The zero-order chi connectivity index (χ0) is 15.0. The minimum atomic E-state index is 0. The monoisotopic (exact) mass is 421 g/mol. The molecule has 0 aromatic carbocycles. The molecule has 126 valence electrons. The first kappa shape index (κ1) is 19.3. The van der Waals surface area contributed by atoms with Crippen LogP contribution in [0.15, 0.2) is 27.8 Å². The molecule has 0 unspecified atom stereocenters. The van der Waals surface area contributed by atoms with Gasteiger partial charge in [-0.3, -0.25) is 4.99 Å². The van der Waals surface area contributed by atoms with Crippen molar-refractivity contribution in [3.8, 4) is 0 Å². The zero-order valence-electron chi connectivity index (χ0n) is 13.6. The number of hydrogen-bond donors (Lipinski definition) is 2. The van der Waals surface area contributed by atoms with Crippen molar-refractivity contribution in [2.45, 2.75) is 32.6 Å². The van der Waals surface area contributed by atoms with E-state index in [9.17, 15) is 0 Å². The number of rotatable bonds is 9. The highest BCUT2D eigenvalue weighted by atomic mass is 127. The Bertz CT molecular complexity index is 431. The second-order valence-electron chi connectivity index (χ2n) is 5.63. The maximum Gasteiger partial charge on any atom is 0.191 e. The summed E-state index contributed by atoms with van der Waals surface area (Å²) < 4.78 is 10.8. The van der Waals surface area contributed by atoms with E-state index in [1.165, 1.54) is 12.8 Å². The third-order valence-corrected chi connectivity index (χ3v) is 4.04. The van der Waals surface area contributed by atoms with Crippen LogP contribution < -0.4 is 10.6 Å². The Kier molecular flexibility index (Phi) is 8.85. The van der Waals surface area contributed by atoms with Gasteiger partial charge in [-0.25, -0.2) is 0 Å². The third-order valence-electron chi connectivity index (χ3n) is 4.04. The summed E-state index contributed by atoms with van der Waals surface area (Å²) >= 11 is 0. The molecule has 6 heteroatoms. The molecule has 0 atom stereocenters. The third kappa shape index (κ3) is 6.56. The van der Waals surface area contributed by atoms with E-state index in [0.29, 0.717) is 5.41 Å². The van der Waals surface area contributed by atoms with Crippen molar-refractivity contribution in [1.82, 2.24) is 10.6 Å². The van der Waals surface area contributed by atoms with E-state index < -0.39 is 0 Å². The maximum atomic E-state index is 5.46. The van der Waals surface area contributed by atoms with Gasteiger partial charge < -0.3 is 19.8 Å². The van der Waals surface area contributed by atoms with Crippen molar-refractivity contribution < 1.29 is 9.15 Å². The Hall–Kier alpha value is -0.760. The molecule has 1 saturated carbocycles. The summed E-state index contributed by atoms with van der Waals surface area (Å²) in [5.41, 5.74) is 0.424. The van der Waals surface area contributed by atoms with Crippen LogP contribution in [0.5, 0.6) is 0 Å². The first-order valence-corrected chi connectivity index (χ1v) is 7.83. The molecule has 2 rings (SSSR count). The second kappa shape index (κ2) is 10.1. The molecule has 1 heterocycles. The molecule has 22 heavy (non-hydrogen) atoms. The molecule has 1 aromatic rings. The van der Waals surface area contributed by atoms with Crippen LogP contribution in [0.1, 0.15) is 31.9 Å². The minimum absolute atomic E-state index is 0. The Labute approximate surface area is 150 Å². The molecule has 0 radical (unpaired) electrons. The van der Waals surface area contributed by atoms with E-state index in [0.717, 1.165) is 50.9 Å². The molecular weight excluding hydrogens is 393 g/mol. The number of guanidine groups is 1. The lowest BCUT2D eigenvalue weighted by molar-refractivity contribution is 0.128. The van der Waals surface area contributed by atoms with Crippen LogP contribution in [0.4, 0.5) is 0 Å². The summed E-state index contributed by atoms with van der Waals surface area (Å²) in [6.45, 7) is 5.50. The van der Waals surface area contributed by atoms with Crippen LogP contribution in [0, 0.1) is 5.41 Å². The normalized spacial score (nSPS) is 16.0. The summed E-state index contributed by atoms with van der Waals surface area (Å²) in [6, 6.07) is 3.91. The van der Waals surface area contributed by atoms with Crippen LogP contribution in [-0.2, 0) is 11.2 Å². The zero-order valence-corrected chi connectivity index (χ0v) is 15.9. The van der Waals surface area contributed by atoms with Gasteiger partial charge >= 0.3 is 0 Å². The van der Waals surface area contributed by atoms with Crippen LogP contribution in [0.3, 0.4) is 0 Å². The van der Waals surface area contributed by atoms with Crippen molar-refractivity contribution >= 4 is 29.9 Å². The molecular formula is C16H28IN3O2. The predicted molar refractivity (Wildman–Crippen MR) is 100.0 cm³/mol. The number of aliphatic imine (C=N–C) groups is 1. The minimum Gasteiger partial charge on any atom is -0.469 e. The van der Waals surface area contributed by atoms with E-state index in [1.54, 1.807) is 6.26 Å². The fourth-order valence-corrected chi connectivity index (χ4v) is 2.38. The fraction of sp³-hybridized carbons (Fsp3) is 0.688. The average Bonchev–Trinajstić information content (AvgIpc) is 3.07. The molecule has 1 aliphatic rings. The van der Waals surface area contributed by atoms with Crippen molar-refractivity contribution in [3.63, 3.8) is 0 Å². The lowest BCUT2D eigenvalue weighted by Crippen LogP contribution is -2.41. The van der Waals surface area contributed by atoms with Gasteiger partial charge in [0, 0.05) is 39.8 Å². The molecule has 0 aliphatic heterocycles. The van der Waals surface area contributed by atoms with Gasteiger partial charge in [-0.1, -0.05) is 0 Å². The van der Waals surface area contributed by atoms with Crippen molar-refractivity contribution in [2.24, 2.45) is 10.4 Å². The summed E-state index contributed by atoms with van der Waals surface area (Å²) in [6.07, 6.45) is 6.28. The lowest BCUT2D eigenvalue weighted by atomic mass is 10.0. The molecule has 0 bridgehead atoms. The van der Waals surface area contributed by atoms with Crippen LogP contribution in [-0.4, -0.2) is 39.3 Å². The van der Waals surface area contributed by atoms with E-state index in [4.69, 9.17) is 9.15 Å². The van der Waals surface area contributed by atoms with Gasteiger partial charge in [0.25, 0.3) is 0 Å². The first-order chi connectivity index (χ1) is 10.3. The summed E-state index contributed by atoms with van der Waals surface area (Å²) in [5.74, 6) is 1.86. The van der Waals surface area contributed by atoms with Gasteiger partial charge in [0.15, 0.2) is 5.96 Å². The Morgan fingerprint density at radius 2 is 2.23 bits per heavy atom. The highest BCUT2D eigenvalue weighted by molar-refractivity contribution is 14.0. The Morgan fingerprint density at radius 1 is 1.41 bits per heavy atom. The number of nitrogens with one attached hydrogen (secondary N) is 2. The van der Waals surface area contributed by atoms with Gasteiger partial charge in [-0.2, -0.15) is 0 Å². The number of nitrogens with zero attached hydrogens (tertiary/aromatic N) is 1. The van der Waals surface area contributed by atoms with Gasteiger partial charge in [0.05, 0.1) is 6.26 Å². The predicted octanol–water partition coefficient (Wildman–Crippen LogP) is 2.81. The number of halogens is 1. The molecule has 1 aromatic heterocycles. The second-order valence-corrected chi connectivity index (χ2v) is 5.63. The smallest absolute Gasteiger partial charge is 0.191 e. The molecule has 1 aliphatic carbocycles. The molecule has 0 spiro atoms. The standard InChI is InChI=1S/C16H27N3O2.HI/c1-3-20-12-9-16(7-8-16)13-19-15(17-2)18-10-6-14-5-4-11-21-14;/h4-5,11H,3,6-10,12-13H2,1-2H3,(H2,17,18,19);1H. The Morgan fingerprint density at radius 3 is 2.82 bits per heavy atom. The number of hydrogen-bond acceptors (Lipinski definition) is 3. The summed E-state index contributed by atoms with van der Waals surface area (Å²) in [4.78, 5) is 4.27. The summed E-state index contributed by atoms with van der Waals surface area (Å²) in [5, 5.41) is 6.75. The molecule has 2 N–H and O–H groups in total. The van der Waals surface area contributed by atoms with Gasteiger partial charge in [-0.15, -0.1) is 24.0 Å². The number of furan rings is 1. The highest BCUT2D eigenvalue weighted by Gasteiger charge is 2.41. The Balaban J connectivity index is 0.00000242. The van der Waals surface area contributed by atoms with Gasteiger partial charge in [0.2, 0.25) is 0 Å². The molecule has 0 saturated heterocycles. The van der Waals surface area contributed by atoms with E-state index in [2.05, 4.69) is 15.6 Å². The van der Waals surface area contributed by atoms with Crippen molar-refractivity contribution in [3.05, 3.63) is 24.2 Å². The molecule has 0 amide bonds. The molecule has 5 nitrogen and oxygen atoms in total. The SMILES string of the molecule is CCOCCC1(CNC(=NC)NCCc2ccco2)CC1.I. The van der Waals surface area contributed by atoms with Crippen LogP contribution in [0.25, 0.3) is 0 Å².